The summed E-state index contributed by atoms with van der Waals surface area (Å²) in [5, 5.41) is 8.73. The lowest BCUT2D eigenvalue weighted by Crippen LogP contribution is -2.06. The molecule has 0 unspecified atom stereocenters. The molecule has 0 radical (unpaired) electrons. The number of aliphatic carboxylic acids is 1. The Balaban J connectivity index is 2.34. The molecule has 6 heteroatoms. The molecule has 104 valence electrons. The molecule has 0 aliphatic heterocycles. The number of hydrogen-bond acceptors (Lipinski definition) is 4. The maximum absolute atomic E-state index is 12.8. The summed E-state index contributed by atoms with van der Waals surface area (Å²) in [7, 11) is 0. The summed E-state index contributed by atoms with van der Waals surface area (Å²) in [4.78, 5) is 23.2. The van der Waals surface area contributed by atoms with Gasteiger partial charge in [0.15, 0.2) is 5.82 Å². The smallest absolute Gasteiger partial charge is 0.303 e. The van der Waals surface area contributed by atoms with Crippen molar-refractivity contribution in [3.8, 4) is 11.5 Å². The van der Waals surface area contributed by atoms with E-state index in [0.29, 0.717) is 17.9 Å². The minimum absolute atomic E-state index is 0.0409. The van der Waals surface area contributed by atoms with Crippen LogP contribution in [-0.4, -0.2) is 26.0 Å². The van der Waals surface area contributed by atoms with Gasteiger partial charge >= 0.3 is 5.97 Å². The van der Waals surface area contributed by atoms with Crippen molar-refractivity contribution in [3.63, 3.8) is 0 Å². The molecule has 0 bridgehead atoms. The fourth-order valence-electron chi connectivity index (χ4n) is 1.96. The number of halogens is 1. The first kappa shape index (κ1) is 14.0. The Hall–Kier alpha value is -2.37. The fraction of sp³-hybridized carbons (Fsp3) is 0.286. The van der Waals surface area contributed by atoms with Crippen molar-refractivity contribution in [1.29, 1.82) is 0 Å². The van der Waals surface area contributed by atoms with Gasteiger partial charge in [-0.3, -0.25) is 4.79 Å². The van der Waals surface area contributed by atoms with Crippen molar-refractivity contribution < 1.29 is 14.3 Å². The summed E-state index contributed by atoms with van der Waals surface area (Å²) in [5.41, 5.74) is 2.76. The molecule has 2 heterocycles. The molecular weight excluding hydrogens is 261 g/mol. The molecule has 0 atom stereocenters. The average Bonchev–Trinajstić information content (AvgIpc) is 2.38. The molecule has 0 aliphatic carbocycles. The summed E-state index contributed by atoms with van der Waals surface area (Å²) in [6.45, 7) is 3.61. The monoisotopic (exact) mass is 275 g/mol. The van der Waals surface area contributed by atoms with Gasteiger partial charge in [0.2, 0.25) is 0 Å². The number of aryl methyl sites for hydroxylation is 2. The molecule has 2 aromatic heterocycles. The highest BCUT2D eigenvalue weighted by atomic mass is 19.1. The molecule has 5 nitrogen and oxygen atoms in total. The molecule has 0 fully saturated rings. The lowest BCUT2D eigenvalue weighted by atomic mass is 10.1. The van der Waals surface area contributed by atoms with E-state index in [-0.39, 0.29) is 6.42 Å². The first-order chi connectivity index (χ1) is 9.47. The second kappa shape index (κ2) is 5.73. The largest absolute Gasteiger partial charge is 0.481 e. The van der Waals surface area contributed by atoms with Crippen LogP contribution in [0.3, 0.4) is 0 Å². The number of nitrogens with zero attached hydrogens (tertiary/aromatic N) is 3. The molecule has 0 aliphatic rings. The Morgan fingerprint density at radius 1 is 1.25 bits per heavy atom. The van der Waals surface area contributed by atoms with Gasteiger partial charge in [0.1, 0.15) is 11.5 Å². The van der Waals surface area contributed by atoms with Crippen LogP contribution >= 0.6 is 0 Å². The van der Waals surface area contributed by atoms with Gasteiger partial charge in [-0.2, -0.15) is 0 Å². The highest BCUT2D eigenvalue weighted by molar-refractivity contribution is 5.67. The van der Waals surface area contributed by atoms with E-state index in [0.717, 1.165) is 23.1 Å². The summed E-state index contributed by atoms with van der Waals surface area (Å²) in [6, 6.07) is 2.81. The zero-order chi connectivity index (χ0) is 14.7. The maximum Gasteiger partial charge on any atom is 0.303 e. The topological polar surface area (TPSA) is 76.0 Å². The number of rotatable bonds is 4. The van der Waals surface area contributed by atoms with E-state index in [1.807, 2.05) is 0 Å². The molecule has 0 amide bonds. The predicted molar refractivity (Wildman–Crippen MR) is 70.7 cm³/mol. The lowest BCUT2D eigenvalue weighted by molar-refractivity contribution is -0.136. The van der Waals surface area contributed by atoms with Crippen molar-refractivity contribution in [2.75, 3.05) is 0 Å². The third-order valence-electron chi connectivity index (χ3n) is 2.97. The van der Waals surface area contributed by atoms with Gasteiger partial charge in [0.05, 0.1) is 6.20 Å². The summed E-state index contributed by atoms with van der Waals surface area (Å²) < 4.78 is 12.8. The molecule has 0 saturated carbocycles. The van der Waals surface area contributed by atoms with Gasteiger partial charge < -0.3 is 5.11 Å². The third-order valence-corrected chi connectivity index (χ3v) is 2.97. The Morgan fingerprint density at radius 3 is 2.40 bits per heavy atom. The highest BCUT2D eigenvalue weighted by Gasteiger charge is 2.12. The lowest BCUT2D eigenvalue weighted by Gasteiger charge is -2.09. The minimum atomic E-state index is -0.854. The van der Waals surface area contributed by atoms with Gasteiger partial charge in [-0.15, -0.1) is 0 Å². The van der Waals surface area contributed by atoms with Crippen molar-refractivity contribution in [1.82, 2.24) is 15.0 Å². The number of carboxylic acid groups (broad SMARTS) is 1. The van der Waals surface area contributed by atoms with Crippen LogP contribution in [0.1, 0.15) is 23.4 Å². The van der Waals surface area contributed by atoms with E-state index < -0.39 is 11.8 Å². The first-order valence-electron chi connectivity index (χ1n) is 6.15. The molecular formula is C14H14FN3O2. The van der Waals surface area contributed by atoms with Crippen LogP contribution in [0.25, 0.3) is 11.5 Å². The molecule has 0 aromatic carbocycles. The number of carbonyl (C=O) groups is 1. The van der Waals surface area contributed by atoms with Crippen molar-refractivity contribution >= 4 is 5.97 Å². The zero-order valence-electron chi connectivity index (χ0n) is 11.2. The van der Waals surface area contributed by atoms with E-state index >= 15 is 0 Å². The van der Waals surface area contributed by atoms with Crippen molar-refractivity contribution in [2.24, 2.45) is 0 Å². The maximum atomic E-state index is 12.8. The van der Waals surface area contributed by atoms with Gasteiger partial charge in [-0.05, 0) is 38.0 Å². The molecule has 1 N–H and O–H groups in total. The summed E-state index contributed by atoms with van der Waals surface area (Å²) in [6.07, 6.45) is 1.55. The fourth-order valence-corrected chi connectivity index (χ4v) is 1.96. The third kappa shape index (κ3) is 3.14. The van der Waals surface area contributed by atoms with E-state index in [1.165, 1.54) is 12.1 Å². The molecule has 2 aromatic rings. The van der Waals surface area contributed by atoms with Crippen LogP contribution in [0.4, 0.5) is 4.39 Å². The number of carboxylic acids is 1. The number of hydrogen-bond donors (Lipinski definition) is 1. The standard InChI is InChI=1S/C14H14FN3O2/c1-8-11(4-6-13(19)20)9(2)18-14(17-8)12-5-3-10(15)7-16-12/h3,5,7H,4,6H2,1-2H3,(H,19,20). The Morgan fingerprint density at radius 2 is 1.90 bits per heavy atom. The van der Waals surface area contributed by atoms with Crippen LogP contribution in [-0.2, 0) is 11.2 Å². The first-order valence-corrected chi connectivity index (χ1v) is 6.15. The predicted octanol–water partition coefficient (Wildman–Crippen LogP) is 2.31. The Kier molecular flexibility index (Phi) is 4.02. The SMILES string of the molecule is Cc1nc(-c2ccc(F)cn2)nc(C)c1CCC(=O)O. The Labute approximate surface area is 115 Å². The molecule has 2 rings (SSSR count). The van der Waals surface area contributed by atoms with Gasteiger partial charge in [0.25, 0.3) is 0 Å². The van der Waals surface area contributed by atoms with Gasteiger partial charge in [0, 0.05) is 17.8 Å². The minimum Gasteiger partial charge on any atom is -0.481 e. The molecule has 0 saturated heterocycles. The average molecular weight is 275 g/mol. The summed E-state index contributed by atoms with van der Waals surface area (Å²) in [5.74, 6) is -0.854. The zero-order valence-corrected chi connectivity index (χ0v) is 11.2. The Bertz CT molecular complexity index is 618. The molecule has 0 spiro atoms. The van der Waals surface area contributed by atoms with Crippen LogP contribution in [0.5, 0.6) is 0 Å². The van der Waals surface area contributed by atoms with Crippen molar-refractivity contribution in [2.45, 2.75) is 26.7 Å². The van der Waals surface area contributed by atoms with Crippen LogP contribution in [0.15, 0.2) is 18.3 Å². The molecule has 20 heavy (non-hydrogen) atoms. The highest BCUT2D eigenvalue weighted by Crippen LogP contribution is 2.18. The second-order valence-corrected chi connectivity index (χ2v) is 4.45. The second-order valence-electron chi connectivity index (χ2n) is 4.45. The summed E-state index contributed by atoms with van der Waals surface area (Å²) >= 11 is 0. The van der Waals surface area contributed by atoms with Crippen LogP contribution in [0, 0.1) is 19.7 Å². The quantitative estimate of drug-likeness (QED) is 0.926. The normalized spacial score (nSPS) is 10.6. The van der Waals surface area contributed by atoms with E-state index in [1.54, 1.807) is 13.8 Å². The van der Waals surface area contributed by atoms with E-state index in [2.05, 4.69) is 15.0 Å². The van der Waals surface area contributed by atoms with E-state index in [9.17, 15) is 9.18 Å². The van der Waals surface area contributed by atoms with Gasteiger partial charge in [-0.1, -0.05) is 0 Å². The van der Waals surface area contributed by atoms with Gasteiger partial charge in [-0.25, -0.2) is 19.3 Å². The van der Waals surface area contributed by atoms with Crippen LogP contribution < -0.4 is 0 Å². The number of pyridine rings is 1. The van der Waals surface area contributed by atoms with Crippen molar-refractivity contribution in [3.05, 3.63) is 41.1 Å². The van der Waals surface area contributed by atoms with E-state index in [4.69, 9.17) is 5.11 Å². The van der Waals surface area contributed by atoms with Crippen LogP contribution in [0.2, 0.25) is 0 Å². The number of aromatic nitrogens is 3.